The van der Waals surface area contributed by atoms with Crippen molar-refractivity contribution in [2.75, 3.05) is 0 Å². The summed E-state index contributed by atoms with van der Waals surface area (Å²) in [6.45, 7) is 0. The number of halogens is 1. The third-order valence-electron chi connectivity index (χ3n) is 4.24. The zero-order valence-electron chi connectivity index (χ0n) is 13.6. The van der Waals surface area contributed by atoms with E-state index in [0.29, 0.717) is 11.1 Å². The van der Waals surface area contributed by atoms with Crippen LogP contribution in [0.1, 0.15) is 26.5 Å². The Labute approximate surface area is 151 Å². The van der Waals surface area contributed by atoms with Crippen LogP contribution in [-0.2, 0) is 0 Å². The third-order valence-corrected chi connectivity index (χ3v) is 4.24. The minimum atomic E-state index is -0.737. The quantitative estimate of drug-likeness (QED) is 0.297. The van der Waals surface area contributed by atoms with E-state index in [2.05, 4.69) is 0 Å². The number of carbonyl (C=O) groups excluding carboxylic acids is 2. The molecule has 0 bridgehead atoms. The molecule has 2 aromatic carbocycles. The van der Waals surface area contributed by atoms with E-state index in [-0.39, 0.29) is 22.7 Å². The maximum Gasteiger partial charge on any atom is 0.283 e. The van der Waals surface area contributed by atoms with E-state index in [9.17, 15) is 24.1 Å². The van der Waals surface area contributed by atoms with E-state index in [1.165, 1.54) is 24.3 Å². The summed E-state index contributed by atoms with van der Waals surface area (Å²) in [6.07, 6.45) is 1.31. The van der Waals surface area contributed by atoms with Crippen LogP contribution in [0.25, 0.3) is 17.4 Å². The van der Waals surface area contributed by atoms with Crippen LogP contribution in [0.5, 0.6) is 0 Å². The standard InChI is InChI=1S/C20H10FNO5/c21-11-5-7-15(17(9-11)22(25)26)18-8-6-12(27-18)10-16-19(23)13-3-1-2-4-14(13)20(16)24/h1-10H. The van der Waals surface area contributed by atoms with Crippen LogP contribution >= 0.6 is 0 Å². The molecule has 1 heterocycles. The minimum Gasteiger partial charge on any atom is -0.456 e. The Hall–Kier alpha value is -3.87. The lowest BCUT2D eigenvalue weighted by Crippen LogP contribution is -1.99. The number of hydrogen-bond donors (Lipinski definition) is 0. The molecule has 4 rings (SSSR count). The fourth-order valence-corrected chi connectivity index (χ4v) is 2.99. The Balaban J connectivity index is 1.73. The van der Waals surface area contributed by atoms with Crippen LogP contribution in [0.15, 0.2) is 64.6 Å². The Morgan fingerprint density at radius 3 is 2.22 bits per heavy atom. The van der Waals surface area contributed by atoms with E-state index in [0.717, 1.165) is 12.1 Å². The number of furan rings is 1. The lowest BCUT2D eigenvalue weighted by atomic mass is 10.1. The lowest BCUT2D eigenvalue weighted by molar-refractivity contribution is -0.384. The Morgan fingerprint density at radius 1 is 0.926 bits per heavy atom. The first-order valence-electron chi connectivity index (χ1n) is 7.90. The van der Waals surface area contributed by atoms with Gasteiger partial charge in [-0.3, -0.25) is 19.7 Å². The van der Waals surface area contributed by atoms with Crippen molar-refractivity contribution in [3.63, 3.8) is 0 Å². The van der Waals surface area contributed by atoms with Gasteiger partial charge in [-0.1, -0.05) is 24.3 Å². The number of nitro benzene ring substituents is 1. The molecule has 0 N–H and O–H groups in total. The lowest BCUT2D eigenvalue weighted by Gasteiger charge is -2.00. The van der Waals surface area contributed by atoms with Gasteiger partial charge in [-0.05, 0) is 30.3 Å². The van der Waals surface area contributed by atoms with E-state index in [1.807, 2.05) is 0 Å². The maximum absolute atomic E-state index is 13.3. The van der Waals surface area contributed by atoms with Crippen molar-refractivity contribution >= 4 is 23.3 Å². The molecule has 1 aromatic heterocycles. The minimum absolute atomic E-state index is 0.0364. The average Bonchev–Trinajstić information content (AvgIpc) is 3.21. The number of fused-ring (bicyclic) bond motifs is 1. The van der Waals surface area contributed by atoms with Gasteiger partial charge >= 0.3 is 0 Å². The number of benzene rings is 2. The summed E-state index contributed by atoms with van der Waals surface area (Å²) in [5.74, 6) is -1.22. The van der Waals surface area contributed by atoms with Gasteiger partial charge in [-0.25, -0.2) is 4.39 Å². The van der Waals surface area contributed by atoms with Crippen molar-refractivity contribution in [3.05, 3.63) is 93.0 Å². The van der Waals surface area contributed by atoms with Crippen LogP contribution in [0, 0.1) is 15.9 Å². The number of nitrogens with zero attached hydrogens (tertiary/aromatic N) is 1. The highest BCUT2D eigenvalue weighted by molar-refractivity contribution is 6.41. The molecule has 0 unspecified atom stereocenters. The van der Waals surface area contributed by atoms with E-state index >= 15 is 0 Å². The molecule has 6 nitrogen and oxygen atoms in total. The van der Waals surface area contributed by atoms with Crippen molar-refractivity contribution in [3.8, 4) is 11.3 Å². The van der Waals surface area contributed by atoms with Gasteiger partial charge in [-0.2, -0.15) is 0 Å². The monoisotopic (exact) mass is 363 g/mol. The molecule has 0 spiro atoms. The number of carbonyl (C=O) groups is 2. The molecule has 0 radical (unpaired) electrons. The summed E-state index contributed by atoms with van der Waals surface area (Å²) < 4.78 is 18.8. The molecular weight excluding hydrogens is 353 g/mol. The topological polar surface area (TPSA) is 90.4 Å². The van der Waals surface area contributed by atoms with Crippen LogP contribution in [0.2, 0.25) is 0 Å². The number of Topliss-reactive ketones (excluding diaryl/α,β-unsaturated/α-hetero) is 2. The Kier molecular flexibility index (Phi) is 3.77. The van der Waals surface area contributed by atoms with Crippen LogP contribution in [-0.4, -0.2) is 16.5 Å². The van der Waals surface area contributed by atoms with Gasteiger partial charge in [0.2, 0.25) is 0 Å². The summed E-state index contributed by atoms with van der Waals surface area (Å²) >= 11 is 0. The van der Waals surface area contributed by atoms with Crippen molar-refractivity contribution in [2.24, 2.45) is 0 Å². The Bertz CT molecular complexity index is 1120. The zero-order valence-corrected chi connectivity index (χ0v) is 13.6. The molecule has 0 fully saturated rings. The van der Waals surface area contributed by atoms with Gasteiger partial charge in [0.1, 0.15) is 17.3 Å². The van der Waals surface area contributed by atoms with Crippen molar-refractivity contribution in [1.82, 2.24) is 0 Å². The van der Waals surface area contributed by atoms with Crippen molar-refractivity contribution in [1.29, 1.82) is 0 Å². The number of rotatable bonds is 3. The smallest absolute Gasteiger partial charge is 0.283 e. The predicted molar refractivity (Wildman–Crippen MR) is 93.8 cm³/mol. The van der Waals surface area contributed by atoms with E-state index in [1.54, 1.807) is 24.3 Å². The predicted octanol–water partition coefficient (Wildman–Crippen LogP) is 4.46. The summed E-state index contributed by atoms with van der Waals surface area (Å²) in [7, 11) is 0. The largest absolute Gasteiger partial charge is 0.456 e. The highest BCUT2D eigenvalue weighted by Gasteiger charge is 2.32. The first-order chi connectivity index (χ1) is 13.0. The van der Waals surface area contributed by atoms with Crippen LogP contribution in [0.4, 0.5) is 10.1 Å². The van der Waals surface area contributed by atoms with Crippen molar-refractivity contribution < 1.29 is 23.3 Å². The molecule has 0 aliphatic heterocycles. The normalized spacial score (nSPS) is 13.0. The zero-order chi connectivity index (χ0) is 19.1. The molecule has 0 saturated carbocycles. The molecule has 1 aliphatic rings. The highest BCUT2D eigenvalue weighted by Crippen LogP contribution is 2.33. The van der Waals surface area contributed by atoms with Crippen LogP contribution in [0.3, 0.4) is 0 Å². The Morgan fingerprint density at radius 2 is 1.59 bits per heavy atom. The number of hydrogen-bond acceptors (Lipinski definition) is 5. The average molecular weight is 363 g/mol. The molecule has 132 valence electrons. The molecule has 3 aromatic rings. The molecular formula is C20H10FNO5. The fraction of sp³-hybridized carbons (Fsp3) is 0. The van der Waals surface area contributed by atoms with Gasteiger partial charge in [-0.15, -0.1) is 0 Å². The van der Waals surface area contributed by atoms with Crippen molar-refractivity contribution in [2.45, 2.75) is 0 Å². The fourth-order valence-electron chi connectivity index (χ4n) is 2.99. The summed E-state index contributed by atoms with van der Waals surface area (Å²) in [5, 5.41) is 11.1. The second kappa shape index (κ2) is 6.14. The summed E-state index contributed by atoms with van der Waals surface area (Å²) in [5.41, 5.74) is 0.275. The second-order valence-electron chi connectivity index (χ2n) is 5.88. The number of ketones is 2. The SMILES string of the molecule is O=C1C(=Cc2ccc(-c3ccc(F)cc3[N+](=O)[O-])o2)C(=O)c2ccccc21. The summed E-state index contributed by atoms with van der Waals surface area (Å²) in [4.78, 5) is 35.2. The maximum atomic E-state index is 13.3. The molecule has 0 saturated heterocycles. The third kappa shape index (κ3) is 2.75. The molecule has 27 heavy (non-hydrogen) atoms. The number of allylic oxidation sites excluding steroid dienone is 1. The molecule has 0 atom stereocenters. The van der Waals surface area contributed by atoms with Gasteiger partial charge in [0.25, 0.3) is 5.69 Å². The van der Waals surface area contributed by atoms with Gasteiger partial charge < -0.3 is 4.42 Å². The number of nitro groups is 1. The highest BCUT2D eigenvalue weighted by atomic mass is 19.1. The molecule has 1 aliphatic carbocycles. The molecule has 7 heteroatoms. The van der Waals surface area contributed by atoms with Gasteiger partial charge in [0.15, 0.2) is 11.6 Å². The second-order valence-corrected chi connectivity index (χ2v) is 5.88. The first-order valence-corrected chi connectivity index (χ1v) is 7.90. The first kappa shape index (κ1) is 16.6. The molecule has 0 amide bonds. The van der Waals surface area contributed by atoms with E-state index < -0.39 is 28.0 Å². The van der Waals surface area contributed by atoms with Gasteiger partial charge in [0, 0.05) is 11.1 Å². The van der Waals surface area contributed by atoms with Crippen LogP contribution < -0.4 is 0 Å². The van der Waals surface area contributed by atoms with Gasteiger partial charge in [0.05, 0.1) is 22.1 Å². The summed E-state index contributed by atoms with van der Waals surface area (Å²) in [6, 6.07) is 12.6. The van der Waals surface area contributed by atoms with E-state index in [4.69, 9.17) is 4.42 Å².